The normalized spacial score (nSPS) is 51.3. The van der Waals surface area contributed by atoms with Crippen molar-refractivity contribution in [1.29, 1.82) is 0 Å². The first-order valence-electron chi connectivity index (χ1n) is 7.58. The van der Waals surface area contributed by atoms with Crippen molar-refractivity contribution < 1.29 is 5.11 Å². The standard InChI is InChI=1S/C17H28O/c1-12(2)5-14(18)17-8-13-6-15(3,10-17)9-16(4,7-13)11-17/h5,13-14,18H,6-11H2,1-4H3. The molecule has 0 heterocycles. The Bertz CT molecular complexity index is 372. The molecule has 3 atom stereocenters. The lowest BCUT2D eigenvalue weighted by atomic mass is 9.39. The zero-order chi connectivity index (χ0) is 13.2. The molecule has 4 fully saturated rings. The summed E-state index contributed by atoms with van der Waals surface area (Å²) in [5.74, 6) is 0.872. The van der Waals surface area contributed by atoms with E-state index in [0.29, 0.717) is 10.8 Å². The van der Waals surface area contributed by atoms with E-state index in [1.165, 1.54) is 44.1 Å². The molecule has 4 aliphatic carbocycles. The maximum Gasteiger partial charge on any atom is 0.0780 e. The van der Waals surface area contributed by atoms with Crippen molar-refractivity contribution in [3.63, 3.8) is 0 Å². The summed E-state index contributed by atoms with van der Waals surface area (Å²) in [7, 11) is 0. The first kappa shape index (κ1) is 12.7. The molecule has 1 N–H and O–H groups in total. The molecule has 0 saturated heterocycles. The summed E-state index contributed by atoms with van der Waals surface area (Å²) in [6.45, 7) is 9.15. The molecule has 18 heavy (non-hydrogen) atoms. The molecular weight excluding hydrogens is 220 g/mol. The van der Waals surface area contributed by atoms with E-state index in [4.69, 9.17) is 0 Å². The van der Waals surface area contributed by atoms with Crippen LogP contribution in [-0.4, -0.2) is 11.2 Å². The molecule has 1 heteroatoms. The van der Waals surface area contributed by atoms with Gasteiger partial charge in [0, 0.05) is 5.41 Å². The topological polar surface area (TPSA) is 20.2 Å². The Morgan fingerprint density at radius 2 is 1.61 bits per heavy atom. The zero-order valence-electron chi connectivity index (χ0n) is 12.4. The molecule has 102 valence electrons. The van der Waals surface area contributed by atoms with Gasteiger partial charge in [-0.1, -0.05) is 25.5 Å². The molecule has 0 amide bonds. The van der Waals surface area contributed by atoms with Crippen LogP contribution in [0.2, 0.25) is 0 Å². The molecule has 4 aliphatic rings. The highest BCUT2D eigenvalue weighted by Gasteiger charge is 2.61. The highest BCUT2D eigenvalue weighted by Crippen LogP contribution is 2.70. The first-order chi connectivity index (χ1) is 8.24. The lowest BCUT2D eigenvalue weighted by Gasteiger charge is -2.66. The number of aliphatic hydroxyl groups excluding tert-OH is 1. The quantitative estimate of drug-likeness (QED) is 0.722. The van der Waals surface area contributed by atoms with Crippen LogP contribution in [0, 0.1) is 22.2 Å². The van der Waals surface area contributed by atoms with E-state index >= 15 is 0 Å². The summed E-state index contributed by atoms with van der Waals surface area (Å²) in [6.07, 6.45) is 9.86. The minimum atomic E-state index is -0.218. The van der Waals surface area contributed by atoms with Gasteiger partial charge in [-0.3, -0.25) is 0 Å². The number of rotatable bonds is 2. The number of hydrogen-bond donors (Lipinski definition) is 1. The predicted molar refractivity (Wildman–Crippen MR) is 75.3 cm³/mol. The summed E-state index contributed by atoms with van der Waals surface area (Å²) >= 11 is 0. The van der Waals surface area contributed by atoms with Gasteiger partial charge in [-0.2, -0.15) is 0 Å². The summed E-state index contributed by atoms with van der Waals surface area (Å²) in [5.41, 5.74) is 2.46. The third-order valence-corrected chi connectivity index (χ3v) is 5.79. The third-order valence-electron chi connectivity index (χ3n) is 5.79. The molecule has 1 nitrogen and oxygen atoms in total. The zero-order valence-corrected chi connectivity index (χ0v) is 12.4. The fraction of sp³-hybridized carbons (Fsp3) is 0.882. The van der Waals surface area contributed by atoms with Gasteiger partial charge in [0.05, 0.1) is 6.10 Å². The Hall–Kier alpha value is -0.300. The maximum atomic E-state index is 10.7. The van der Waals surface area contributed by atoms with Gasteiger partial charge in [-0.15, -0.1) is 0 Å². The van der Waals surface area contributed by atoms with Gasteiger partial charge in [0.2, 0.25) is 0 Å². The van der Waals surface area contributed by atoms with Crippen LogP contribution < -0.4 is 0 Å². The highest BCUT2D eigenvalue weighted by atomic mass is 16.3. The minimum Gasteiger partial charge on any atom is -0.388 e. The number of aliphatic hydroxyl groups is 1. The van der Waals surface area contributed by atoms with Gasteiger partial charge >= 0.3 is 0 Å². The number of hydrogen-bond acceptors (Lipinski definition) is 1. The number of allylic oxidation sites excluding steroid dienone is 1. The fourth-order valence-corrected chi connectivity index (χ4v) is 6.36. The molecule has 0 aromatic carbocycles. The van der Waals surface area contributed by atoms with Crippen LogP contribution in [0.4, 0.5) is 0 Å². The molecule has 0 aromatic rings. The van der Waals surface area contributed by atoms with Crippen molar-refractivity contribution in [2.45, 2.75) is 72.3 Å². The van der Waals surface area contributed by atoms with Crippen LogP contribution >= 0.6 is 0 Å². The Labute approximate surface area is 112 Å². The maximum absolute atomic E-state index is 10.7. The van der Waals surface area contributed by atoms with E-state index in [1.54, 1.807) is 0 Å². The van der Waals surface area contributed by atoms with Crippen molar-refractivity contribution in [3.8, 4) is 0 Å². The molecule has 3 unspecified atom stereocenters. The first-order valence-corrected chi connectivity index (χ1v) is 7.58. The van der Waals surface area contributed by atoms with Crippen LogP contribution in [0.25, 0.3) is 0 Å². The van der Waals surface area contributed by atoms with E-state index in [1.807, 2.05) is 0 Å². The second kappa shape index (κ2) is 3.62. The van der Waals surface area contributed by atoms with E-state index < -0.39 is 0 Å². The molecule has 4 rings (SSSR count). The predicted octanol–water partition coefficient (Wildman–Crippen LogP) is 4.31. The van der Waals surface area contributed by atoms with Crippen molar-refractivity contribution in [2.24, 2.45) is 22.2 Å². The third kappa shape index (κ3) is 1.86. The van der Waals surface area contributed by atoms with E-state index in [-0.39, 0.29) is 11.5 Å². The van der Waals surface area contributed by atoms with Crippen molar-refractivity contribution in [1.82, 2.24) is 0 Å². The molecule has 4 bridgehead atoms. The lowest BCUT2D eigenvalue weighted by molar-refractivity contribution is -0.175. The van der Waals surface area contributed by atoms with Crippen LogP contribution in [0.1, 0.15) is 66.2 Å². The second-order valence-corrected chi connectivity index (χ2v) is 8.68. The summed E-state index contributed by atoms with van der Waals surface area (Å²) in [4.78, 5) is 0. The van der Waals surface area contributed by atoms with E-state index in [2.05, 4.69) is 33.8 Å². The largest absolute Gasteiger partial charge is 0.388 e. The molecule has 0 aromatic heterocycles. The van der Waals surface area contributed by atoms with Gasteiger partial charge < -0.3 is 5.11 Å². The van der Waals surface area contributed by atoms with Gasteiger partial charge in [0.15, 0.2) is 0 Å². The molecule has 4 saturated carbocycles. The Kier molecular flexibility index (Phi) is 2.56. The van der Waals surface area contributed by atoms with Gasteiger partial charge in [0.25, 0.3) is 0 Å². The molecular formula is C17H28O. The SMILES string of the molecule is CC(C)=CC(O)C12CC3CC(C)(CC(C)(C3)C1)C2. The van der Waals surface area contributed by atoms with Crippen LogP contribution in [-0.2, 0) is 0 Å². The van der Waals surface area contributed by atoms with E-state index in [0.717, 1.165) is 5.92 Å². The van der Waals surface area contributed by atoms with Crippen molar-refractivity contribution >= 4 is 0 Å². The monoisotopic (exact) mass is 248 g/mol. The lowest BCUT2D eigenvalue weighted by Crippen LogP contribution is -2.58. The smallest absolute Gasteiger partial charge is 0.0780 e. The summed E-state index contributed by atoms with van der Waals surface area (Å²) in [6, 6.07) is 0. The van der Waals surface area contributed by atoms with Crippen LogP contribution in [0.15, 0.2) is 11.6 Å². The molecule has 0 aliphatic heterocycles. The van der Waals surface area contributed by atoms with Crippen molar-refractivity contribution in [3.05, 3.63) is 11.6 Å². The van der Waals surface area contributed by atoms with E-state index in [9.17, 15) is 5.11 Å². The van der Waals surface area contributed by atoms with Gasteiger partial charge in [-0.25, -0.2) is 0 Å². The summed E-state index contributed by atoms with van der Waals surface area (Å²) < 4.78 is 0. The van der Waals surface area contributed by atoms with Crippen LogP contribution in [0.3, 0.4) is 0 Å². The highest BCUT2D eigenvalue weighted by molar-refractivity contribution is 5.16. The molecule has 0 spiro atoms. The summed E-state index contributed by atoms with van der Waals surface area (Å²) in [5, 5.41) is 10.7. The Morgan fingerprint density at radius 3 is 2.06 bits per heavy atom. The second-order valence-electron chi connectivity index (χ2n) is 8.68. The Morgan fingerprint density at radius 1 is 1.06 bits per heavy atom. The van der Waals surface area contributed by atoms with Crippen LogP contribution in [0.5, 0.6) is 0 Å². The average molecular weight is 248 g/mol. The fourth-order valence-electron chi connectivity index (χ4n) is 6.36. The minimum absolute atomic E-state index is 0.195. The average Bonchev–Trinajstić information content (AvgIpc) is 2.09. The van der Waals surface area contributed by atoms with Gasteiger partial charge in [-0.05, 0) is 69.1 Å². The van der Waals surface area contributed by atoms with Crippen molar-refractivity contribution in [2.75, 3.05) is 0 Å². The Balaban J connectivity index is 1.96. The van der Waals surface area contributed by atoms with Gasteiger partial charge in [0.1, 0.15) is 0 Å². The molecule has 0 radical (unpaired) electrons.